The van der Waals surface area contributed by atoms with Crippen LogP contribution in [0, 0.1) is 0 Å². The number of nitrogens with one attached hydrogen (secondary N) is 2. The monoisotopic (exact) mass is 227 g/mol. The summed E-state index contributed by atoms with van der Waals surface area (Å²) in [4.78, 5) is 0. The van der Waals surface area contributed by atoms with Gasteiger partial charge in [0.2, 0.25) is 0 Å². The molecule has 4 heteroatoms. The van der Waals surface area contributed by atoms with Crippen LogP contribution in [0.3, 0.4) is 0 Å². The van der Waals surface area contributed by atoms with Crippen LogP contribution in [0.1, 0.15) is 39.0 Å². The van der Waals surface area contributed by atoms with Crippen molar-refractivity contribution < 1.29 is 4.74 Å². The summed E-state index contributed by atoms with van der Waals surface area (Å²) in [7, 11) is 0. The maximum atomic E-state index is 5.56. The van der Waals surface area contributed by atoms with E-state index in [9.17, 15) is 0 Å². The Morgan fingerprint density at radius 2 is 2.31 bits per heavy atom. The second-order valence-corrected chi connectivity index (χ2v) is 4.88. The lowest BCUT2D eigenvalue weighted by molar-refractivity contribution is -0.148. The molecule has 4 nitrogen and oxygen atoms in total. The molecule has 1 spiro atoms. The van der Waals surface area contributed by atoms with Crippen LogP contribution in [0.15, 0.2) is 0 Å². The Labute approximate surface area is 98.7 Å². The van der Waals surface area contributed by atoms with Gasteiger partial charge in [-0.05, 0) is 12.8 Å². The van der Waals surface area contributed by atoms with E-state index in [-0.39, 0.29) is 5.66 Å². The topological polar surface area (TPSA) is 36.5 Å². The quantitative estimate of drug-likeness (QED) is 0.666. The third-order valence-corrected chi connectivity index (χ3v) is 3.64. The average molecular weight is 227 g/mol. The lowest BCUT2D eigenvalue weighted by Crippen LogP contribution is -2.75. The van der Waals surface area contributed by atoms with Crippen molar-refractivity contribution >= 4 is 0 Å². The minimum atomic E-state index is 0.114. The van der Waals surface area contributed by atoms with Gasteiger partial charge in [-0.2, -0.15) is 0 Å². The van der Waals surface area contributed by atoms with Crippen LogP contribution in [-0.2, 0) is 4.74 Å². The first-order chi connectivity index (χ1) is 7.87. The van der Waals surface area contributed by atoms with Gasteiger partial charge in [0.05, 0.1) is 13.2 Å². The van der Waals surface area contributed by atoms with Gasteiger partial charge in [0.15, 0.2) is 0 Å². The second-order valence-electron chi connectivity index (χ2n) is 4.88. The van der Waals surface area contributed by atoms with Gasteiger partial charge in [-0.25, -0.2) is 5.01 Å². The molecule has 2 aliphatic heterocycles. The predicted octanol–water partition coefficient (Wildman–Crippen LogP) is 1.09. The second kappa shape index (κ2) is 5.96. The number of ether oxygens (including phenoxy) is 1. The minimum absolute atomic E-state index is 0.114. The zero-order chi connectivity index (χ0) is 11.3. The predicted molar refractivity (Wildman–Crippen MR) is 65.0 cm³/mol. The van der Waals surface area contributed by atoms with E-state index in [4.69, 9.17) is 4.74 Å². The highest BCUT2D eigenvalue weighted by atomic mass is 16.5. The molecule has 0 radical (unpaired) electrons. The first-order valence-corrected chi connectivity index (χ1v) is 6.71. The van der Waals surface area contributed by atoms with Gasteiger partial charge in [-0.3, -0.25) is 10.7 Å². The summed E-state index contributed by atoms with van der Waals surface area (Å²) >= 11 is 0. The zero-order valence-electron chi connectivity index (χ0n) is 10.4. The third-order valence-electron chi connectivity index (χ3n) is 3.64. The Morgan fingerprint density at radius 1 is 1.38 bits per heavy atom. The van der Waals surface area contributed by atoms with E-state index < -0.39 is 0 Å². The van der Waals surface area contributed by atoms with Crippen LogP contribution in [0.4, 0.5) is 0 Å². The van der Waals surface area contributed by atoms with Gasteiger partial charge >= 0.3 is 0 Å². The van der Waals surface area contributed by atoms with Crippen molar-refractivity contribution in [3.63, 3.8) is 0 Å². The van der Waals surface area contributed by atoms with Crippen molar-refractivity contribution in [3.8, 4) is 0 Å². The Kier molecular flexibility index (Phi) is 4.58. The number of hydrogen-bond acceptors (Lipinski definition) is 4. The van der Waals surface area contributed by atoms with E-state index in [1.807, 2.05) is 0 Å². The van der Waals surface area contributed by atoms with Gasteiger partial charge in [-0.1, -0.05) is 26.2 Å². The molecule has 1 atom stereocenters. The Hall–Kier alpha value is -0.160. The molecule has 0 aliphatic carbocycles. The van der Waals surface area contributed by atoms with Gasteiger partial charge in [-0.15, -0.1) is 0 Å². The van der Waals surface area contributed by atoms with Crippen LogP contribution in [0.25, 0.3) is 0 Å². The molecular formula is C12H25N3O. The molecule has 2 rings (SSSR count). The van der Waals surface area contributed by atoms with Crippen molar-refractivity contribution in [3.05, 3.63) is 0 Å². The normalized spacial score (nSPS) is 30.6. The smallest absolute Gasteiger partial charge is 0.109 e. The number of hydrazine groups is 1. The van der Waals surface area contributed by atoms with Crippen molar-refractivity contribution in [1.82, 2.24) is 15.8 Å². The SMILES string of the molecule is CCCCCCNN1CCC12COCCN2. The molecular weight excluding hydrogens is 202 g/mol. The molecule has 0 amide bonds. The number of morpholine rings is 1. The first-order valence-electron chi connectivity index (χ1n) is 6.71. The zero-order valence-corrected chi connectivity index (χ0v) is 10.4. The molecule has 2 fully saturated rings. The lowest BCUT2D eigenvalue weighted by atomic mass is 9.96. The highest BCUT2D eigenvalue weighted by Gasteiger charge is 2.45. The van der Waals surface area contributed by atoms with Gasteiger partial charge in [0.25, 0.3) is 0 Å². The van der Waals surface area contributed by atoms with Crippen molar-refractivity contribution in [2.24, 2.45) is 0 Å². The number of hydrogen-bond donors (Lipinski definition) is 2. The fourth-order valence-electron chi connectivity index (χ4n) is 2.47. The Balaban J connectivity index is 1.62. The standard InChI is InChI=1S/C12H25N3O/c1-2-3-4-5-7-14-15-9-6-12(15)11-16-10-8-13-12/h13-14H,2-11H2,1H3. The summed E-state index contributed by atoms with van der Waals surface area (Å²) in [6.07, 6.45) is 6.49. The van der Waals surface area contributed by atoms with Gasteiger partial charge in [0.1, 0.15) is 5.66 Å². The summed E-state index contributed by atoms with van der Waals surface area (Å²) in [6, 6.07) is 0. The number of rotatable bonds is 6. The van der Waals surface area contributed by atoms with Crippen LogP contribution < -0.4 is 10.7 Å². The molecule has 2 saturated heterocycles. The lowest BCUT2D eigenvalue weighted by Gasteiger charge is -2.54. The fraction of sp³-hybridized carbons (Fsp3) is 1.00. The van der Waals surface area contributed by atoms with Crippen LogP contribution in [-0.4, -0.2) is 43.5 Å². The van der Waals surface area contributed by atoms with Gasteiger partial charge < -0.3 is 4.74 Å². The Morgan fingerprint density at radius 3 is 2.94 bits per heavy atom. The summed E-state index contributed by atoms with van der Waals surface area (Å²) in [5.74, 6) is 0. The van der Waals surface area contributed by atoms with E-state index >= 15 is 0 Å². The molecule has 2 aliphatic rings. The van der Waals surface area contributed by atoms with Crippen LogP contribution >= 0.6 is 0 Å². The van der Waals surface area contributed by atoms with E-state index in [0.717, 1.165) is 32.8 Å². The van der Waals surface area contributed by atoms with Crippen LogP contribution in [0.5, 0.6) is 0 Å². The Bertz CT molecular complexity index is 204. The van der Waals surface area contributed by atoms with E-state index in [0.29, 0.717) is 0 Å². The van der Waals surface area contributed by atoms with E-state index in [1.165, 1.54) is 32.1 Å². The average Bonchev–Trinajstić information content (AvgIpc) is 2.33. The molecule has 0 bridgehead atoms. The van der Waals surface area contributed by atoms with Crippen molar-refractivity contribution in [2.75, 3.05) is 32.8 Å². The highest BCUT2D eigenvalue weighted by Crippen LogP contribution is 2.27. The van der Waals surface area contributed by atoms with Gasteiger partial charge in [0, 0.05) is 19.6 Å². The summed E-state index contributed by atoms with van der Waals surface area (Å²) in [5, 5.41) is 5.90. The molecule has 2 N–H and O–H groups in total. The van der Waals surface area contributed by atoms with Crippen molar-refractivity contribution in [1.29, 1.82) is 0 Å². The third kappa shape index (κ3) is 2.74. The summed E-state index contributed by atoms with van der Waals surface area (Å²) in [6.45, 7) is 7.16. The summed E-state index contributed by atoms with van der Waals surface area (Å²) < 4.78 is 5.56. The number of nitrogens with zero attached hydrogens (tertiary/aromatic N) is 1. The molecule has 94 valence electrons. The molecule has 0 aromatic heterocycles. The number of unbranched alkanes of at least 4 members (excludes halogenated alkanes) is 3. The molecule has 0 aromatic carbocycles. The molecule has 0 aromatic rings. The highest BCUT2D eigenvalue weighted by molar-refractivity contribution is 4.97. The van der Waals surface area contributed by atoms with Crippen LogP contribution in [0.2, 0.25) is 0 Å². The molecule has 2 heterocycles. The summed E-state index contributed by atoms with van der Waals surface area (Å²) in [5.41, 5.74) is 3.64. The van der Waals surface area contributed by atoms with Crippen molar-refractivity contribution in [2.45, 2.75) is 44.7 Å². The largest absolute Gasteiger partial charge is 0.377 e. The first kappa shape index (κ1) is 12.3. The molecule has 0 saturated carbocycles. The maximum Gasteiger partial charge on any atom is 0.109 e. The minimum Gasteiger partial charge on any atom is -0.377 e. The maximum absolute atomic E-state index is 5.56. The molecule has 1 unspecified atom stereocenters. The van der Waals surface area contributed by atoms with E-state index in [2.05, 4.69) is 22.7 Å². The fourth-order valence-corrected chi connectivity index (χ4v) is 2.47. The molecule has 16 heavy (non-hydrogen) atoms. The van der Waals surface area contributed by atoms with E-state index in [1.54, 1.807) is 0 Å².